The van der Waals surface area contributed by atoms with Crippen LogP contribution in [0.25, 0.3) is 11.1 Å². The van der Waals surface area contributed by atoms with Crippen molar-refractivity contribution in [3.63, 3.8) is 0 Å². The average molecular weight is 499 g/mol. The maximum atomic E-state index is 10.8. The molecular weight excluding hydrogens is 468 g/mol. The minimum absolute atomic E-state index is 0.0705. The summed E-state index contributed by atoms with van der Waals surface area (Å²) in [5.41, 5.74) is 3.32. The number of fused-ring (bicyclic) bond motifs is 3. The first-order chi connectivity index (χ1) is 17.4. The van der Waals surface area contributed by atoms with Crippen LogP contribution >= 0.6 is 0 Å². The number of hydrogen-bond acceptors (Lipinski definition) is 9. The highest BCUT2D eigenvalue weighted by atomic mass is 16.5. The lowest BCUT2D eigenvalue weighted by Crippen LogP contribution is -2.30. The molecule has 3 aromatic rings. The van der Waals surface area contributed by atoms with Crippen LogP contribution in [0.2, 0.25) is 0 Å². The van der Waals surface area contributed by atoms with E-state index in [1.165, 1.54) is 28.4 Å². The van der Waals surface area contributed by atoms with E-state index < -0.39 is 18.8 Å². The summed E-state index contributed by atoms with van der Waals surface area (Å²) in [6, 6.07) is 10.5. The number of aryl methyl sites for hydroxylation is 2. The maximum absolute atomic E-state index is 10.8. The Labute approximate surface area is 209 Å². The Balaban J connectivity index is 1.80. The van der Waals surface area contributed by atoms with Crippen molar-refractivity contribution in [1.29, 1.82) is 0 Å². The van der Waals surface area contributed by atoms with Gasteiger partial charge in [-0.3, -0.25) is 0 Å². The zero-order valence-corrected chi connectivity index (χ0v) is 20.6. The number of phenolic OH excluding ortho intramolecular Hbond substituents is 2. The highest BCUT2D eigenvalue weighted by Gasteiger charge is 2.37. The number of phenols is 2. The smallest absolute Gasteiger partial charge is 0.201 e. The second-order valence-corrected chi connectivity index (χ2v) is 8.39. The molecule has 0 unspecified atom stereocenters. The predicted octanol–water partition coefficient (Wildman–Crippen LogP) is 3.37. The Hall–Kier alpha value is -3.82. The normalized spacial score (nSPS) is 14.8. The Morgan fingerprint density at radius 2 is 1.50 bits per heavy atom. The van der Waals surface area contributed by atoms with Crippen molar-refractivity contribution in [3.05, 3.63) is 53.1 Å². The summed E-state index contributed by atoms with van der Waals surface area (Å²) < 4.78 is 27.9. The van der Waals surface area contributed by atoms with Gasteiger partial charge < -0.3 is 44.1 Å². The molecular formula is C27H30O9. The first-order valence-electron chi connectivity index (χ1n) is 11.4. The highest BCUT2D eigenvalue weighted by molar-refractivity contribution is 5.88. The van der Waals surface area contributed by atoms with Crippen molar-refractivity contribution >= 4 is 0 Å². The molecule has 4 N–H and O–H groups in total. The van der Waals surface area contributed by atoms with E-state index in [1.54, 1.807) is 18.2 Å². The first kappa shape index (κ1) is 25.3. The van der Waals surface area contributed by atoms with Crippen molar-refractivity contribution in [2.45, 2.75) is 25.0 Å². The summed E-state index contributed by atoms with van der Waals surface area (Å²) >= 11 is 0. The van der Waals surface area contributed by atoms with Crippen LogP contribution in [0.3, 0.4) is 0 Å². The molecule has 1 aliphatic rings. The van der Waals surface area contributed by atoms with E-state index in [-0.39, 0.29) is 23.0 Å². The summed E-state index contributed by atoms with van der Waals surface area (Å²) in [5.74, 6) is 1.46. The van der Waals surface area contributed by atoms with Gasteiger partial charge in [0.1, 0.15) is 17.6 Å². The molecule has 1 aliphatic heterocycles. The number of ether oxygens (including phenoxy) is 5. The van der Waals surface area contributed by atoms with Crippen LogP contribution in [0.15, 0.2) is 36.4 Å². The lowest BCUT2D eigenvalue weighted by atomic mass is 9.87. The lowest BCUT2D eigenvalue weighted by Gasteiger charge is -2.33. The Morgan fingerprint density at radius 3 is 2.11 bits per heavy atom. The molecule has 0 fully saturated rings. The van der Waals surface area contributed by atoms with Crippen LogP contribution in [0, 0.1) is 0 Å². The minimum Gasteiger partial charge on any atom is -0.504 e. The molecule has 0 saturated heterocycles. The summed E-state index contributed by atoms with van der Waals surface area (Å²) in [6.45, 7) is -0.539. The number of rotatable bonds is 9. The van der Waals surface area contributed by atoms with Gasteiger partial charge in [0.15, 0.2) is 29.1 Å². The molecule has 0 aliphatic carbocycles. The van der Waals surface area contributed by atoms with E-state index in [2.05, 4.69) is 0 Å². The van der Waals surface area contributed by atoms with Gasteiger partial charge in [-0.1, -0.05) is 6.07 Å². The largest absolute Gasteiger partial charge is 0.504 e. The molecule has 9 heteroatoms. The van der Waals surface area contributed by atoms with Crippen molar-refractivity contribution in [2.75, 3.05) is 35.0 Å². The van der Waals surface area contributed by atoms with E-state index in [0.717, 1.165) is 11.1 Å². The van der Waals surface area contributed by atoms with Crippen LogP contribution in [-0.2, 0) is 12.8 Å². The van der Waals surface area contributed by atoms with Crippen LogP contribution in [0.4, 0.5) is 0 Å². The third kappa shape index (κ3) is 4.43. The van der Waals surface area contributed by atoms with Crippen LogP contribution in [0.1, 0.15) is 22.8 Å². The Morgan fingerprint density at radius 1 is 0.806 bits per heavy atom. The number of hydrogen-bond donors (Lipinski definition) is 4. The summed E-state index contributed by atoms with van der Waals surface area (Å²) in [7, 11) is 5.86. The van der Waals surface area contributed by atoms with Gasteiger partial charge in [-0.2, -0.15) is 0 Å². The third-order valence-corrected chi connectivity index (χ3v) is 6.31. The number of aliphatic hydroxyl groups is 2. The molecule has 4 rings (SSSR count). The van der Waals surface area contributed by atoms with E-state index in [1.807, 2.05) is 18.2 Å². The van der Waals surface area contributed by atoms with Gasteiger partial charge in [-0.05, 0) is 54.3 Å². The molecule has 0 amide bonds. The number of methoxy groups -OCH3 is 4. The molecule has 0 spiro atoms. The molecule has 9 nitrogen and oxygen atoms in total. The van der Waals surface area contributed by atoms with Crippen molar-refractivity contribution in [1.82, 2.24) is 0 Å². The van der Waals surface area contributed by atoms with Gasteiger partial charge in [-0.15, -0.1) is 0 Å². The Kier molecular flexibility index (Phi) is 7.32. The summed E-state index contributed by atoms with van der Waals surface area (Å²) in [5, 5.41) is 41.1. The monoisotopic (exact) mass is 498 g/mol. The molecule has 3 aromatic carbocycles. The quantitative estimate of drug-likeness (QED) is 0.351. The summed E-state index contributed by atoms with van der Waals surface area (Å²) in [4.78, 5) is 0. The average Bonchev–Trinajstić information content (AvgIpc) is 2.90. The van der Waals surface area contributed by atoms with E-state index in [4.69, 9.17) is 23.7 Å². The molecule has 0 radical (unpaired) electrons. The molecule has 36 heavy (non-hydrogen) atoms. The van der Waals surface area contributed by atoms with E-state index in [9.17, 15) is 20.4 Å². The molecule has 0 aromatic heterocycles. The molecule has 0 saturated carbocycles. The van der Waals surface area contributed by atoms with Gasteiger partial charge >= 0.3 is 0 Å². The lowest BCUT2D eigenvalue weighted by molar-refractivity contribution is -0.00332. The van der Waals surface area contributed by atoms with Crippen molar-refractivity contribution < 1.29 is 44.1 Å². The first-order valence-corrected chi connectivity index (χ1v) is 11.4. The van der Waals surface area contributed by atoms with Crippen molar-refractivity contribution in [3.8, 4) is 51.4 Å². The zero-order valence-electron chi connectivity index (χ0n) is 20.6. The molecule has 1 heterocycles. The van der Waals surface area contributed by atoms with E-state index >= 15 is 0 Å². The number of aromatic hydroxyl groups is 2. The fourth-order valence-corrected chi connectivity index (χ4v) is 4.53. The standard InChI is InChI=1S/C27H30O9/c1-32-19-8-7-14(9-17(19)29)5-6-15-10-20(33-2)24-21(11-15)36-26(18(30)13-28)16-12-22(34-3)25(31)27(35-4)23(16)24/h7-12,18,26,28-31H,5-6,13H2,1-4H3/t18-,26-/m1/s1. The number of aliphatic hydroxyl groups excluding tert-OH is 2. The Bertz CT molecular complexity index is 1250. The van der Waals surface area contributed by atoms with Crippen LogP contribution in [0.5, 0.6) is 40.2 Å². The highest BCUT2D eigenvalue weighted by Crippen LogP contribution is 2.56. The maximum Gasteiger partial charge on any atom is 0.201 e. The second kappa shape index (κ2) is 10.4. The van der Waals surface area contributed by atoms with Crippen molar-refractivity contribution in [2.24, 2.45) is 0 Å². The third-order valence-electron chi connectivity index (χ3n) is 6.31. The van der Waals surface area contributed by atoms with Crippen LogP contribution < -0.4 is 23.7 Å². The predicted molar refractivity (Wildman–Crippen MR) is 132 cm³/mol. The molecule has 0 bridgehead atoms. The van der Waals surface area contributed by atoms with Gasteiger partial charge in [0.25, 0.3) is 0 Å². The molecule has 192 valence electrons. The topological polar surface area (TPSA) is 127 Å². The van der Waals surface area contributed by atoms with Gasteiger partial charge in [0, 0.05) is 11.1 Å². The van der Waals surface area contributed by atoms with Gasteiger partial charge in [0.05, 0.1) is 40.6 Å². The zero-order chi connectivity index (χ0) is 26.0. The fourth-order valence-electron chi connectivity index (χ4n) is 4.53. The SMILES string of the molecule is COc1ccc(CCc2cc(OC)c3c(c2)O[C@@H]([C@H](O)CO)c2cc(OC)c(O)c(OC)c2-3)cc1O. The number of benzene rings is 3. The van der Waals surface area contributed by atoms with E-state index in [0.29, 0.717) is 46.8 Å². The van der Waals surface area contributed by atoms with Gasteiger partial charge in [-0.25, -0.2) is 0 Å². The fraction of sp³-hybridized carbons (Fsp3) is 0.333. The van der Waals surface area contributed by atoms with Crippen LogP contribution in [-0.4, -0.2) is 61.6 Å². The second-order valence-electron chi connectivity index (χ2n) is 8.39. The molecule has 2 atom stereocenters. The van der Waals surface area contributed by atoms with Gasteiger partial charge in [0.2, 0.25) is 5.75 Å². The summed E-state index contributed by atoms with van der Waals surface area (Å²) in [6.07, 6.45) is -0.962. The minimum atomic E-state index is -1.24.